The fourth-order valence-corrected chi connectivity index (χ4v) is 1.21. The van der Waals surface area contributed by atoms with Gasteiger partial charge >= 0.3 is 0 Å². The second-order valence-electron chi connectivity index (χ2n) is 2.93. The number of Topliss-reactive ketones (excluding diaryl/α,β-unsaturated/α-hetero) is 1. The minimum Gasteiger partial charge on any atom is -0.291 e. The van der Waals surface area contributed by atoms with Crippen LogP contribution in [0.2, 0.25) is 0 Å². The number of benzene rings is 1. The average molecular weight is 166 g/mol. The summed E-state index contributed by atoms with van der Waals surface area (Å²) in [7, 11) is 0. The summed E-state index contributed by atoms with van der Waals surface area (Å²) in [5.74, 6) is -0.443. The Morgan fingerprint density at radius 3 is 2.17 bits per heavy atom. The van der Waals surface area contributed by atoms with Crippen molar-refractivity contribution in [1.82, 2.24) is 0 Å². The number of hydrogen-bond acceptors (Lipinski definition) is 1. The maximum Gasteiger partial charge on any atom is 0.193 e. The van der Waals surface area contributed by atoms with Gasteiger partial charge in [0.25, 0.3) is 0 Å². The first-order valence-electron chi connectivity index (χ1n) is 3.81. The zero-order chi connectivity index (χ0) is 9.14. The lowest BCUT2D eigenvalue weighted by Gasteiger charge is -2.00. The molecule has 0 unspecified atom stereocenters. The highest BCUT2D eigenvalue weighted by molar-refractivity contribution is 5.97. The Bertz CT molecular complexity index is 284. The minimum absolute atomic E-state index is 0.443. The molecule has 0 radical (unpaired) electrons. The number of halogens is 1. The molecule has 0 N–H and O–H groups in total. The molecule has 0 spiro atoms. The van der Waals surface area contributed by atoms with Crippen molar-refractivity contribution < 1.29 is 9.18 Å². The van der Waals surface area contributed by atoms with Crippen LogP contribution in [0.25, 0.3) is 0 Å². The first-order chi connectivity index (χ1) is 5.63. The van der Waals surface area contributed by atoms with Gasteiger partial charge in [0.15, 0.2) is 12.5 Å². The van der Waals surface area contributed by atoms with Gasteiger partial charge in [-0.05, 0) is 26.0 Å². The van der Waals surface area contributed by atoms with Crippen molar-refractivity contribution >= 4 is 5.78 Å². The third kappa shape index (κ3) is 1.91. The van der Waals surface area contributed by atoms with Gasteiger partial charge in [-0.3, -0.25) is 4.79 Å². The topological polar surface area (TPSA) is 17.1 Å². The molecule has 64 valence electrons. The second-order valence-corrected chi connectivity index (χ2v) is 2.93. The number of ketones is 1. The molecule has 0 saturated heterocycles. The van der Waals surface area contributed by atoms with Crippen molar-refractivity contribution in [2.24, 2.45) is 0 Å². The van der Waals surface area contributed by atoms with Crippen molar-refractivity contribution in [3.05, 3.63) is 34.9 Å². The molecule has 1 rings (SSSR count). The van der Waals surface area contributed by atoms with E-state index < -0.39 is 12.5 Å². The highest BCUT2D eigenvalue weighted by Gasteiger charge is 2.04. The van der Waals surface area contributed by atoms with Gasteiger partial charge in [-0.1, -0.05) is 17.2 Å². The minimum atomic E-state index is -0.914. The Labute approximate surface area is 71.2 Å². The fourth-order valence-electron chi connectivity index (χ4n) is 1.21. The van der Waals surface area contributed by atoms with Gasteiger partial charge < -0.3 is 0 Å². The predicted molar refractivity (Wildman–Crippen MR) is 46.2 cm³/mol. The zero-order valence-electron chi connectivity index (χ0n) is 7.23. The summed E-state index contributed by atoms with van der Waals surface area (Å²) >= 11 is 0. The van der Waals surface area contributed by atoms with E-state index in [-0.39, 0.29) is 0 Å². The SMILES string of the molecule is Cc1cc(C)cc(C(=O)CF)c1. The molecule has 1 aromatic rings. The van der Waals surface area contributed by atoms with Crippen LogP contribution in [-0.4, -0.2) is 12.5 Å². The smallest absolute Gasteiger partial charge is 0.193 e. The van der Waals surface area contributed by atoms with Gasteiger partial charge in [0, 0.05) is 5.56 Å². The van der Waals surface area contributed by atoms with E-state index in [0.717, 1.165) is 11.1 Å². The van der Waals surface area contributed by atoms with E-state index in [4.69, 9.17) is 0 Å². The monoisotopic (exact) mass is 166 g/mol. The van der Waals surface area contributed by atoms with Crippen molar-refractivity contribution in [2.45, 2.75) is 13.8 Å². The number of rotatable bonds is 2. The highest BCUT2D eigenvalue weighted by atomic mass is 19.1. The molecule has 0 aliphatic carbocycles. The lowest BCUT2D eigenvalue weighted by Crippen LogP contribution is -2.01. The van der Waals surface area contributed by atoms with E-state index in [1.54, 1.807) is 12.1 Å². The van der Waals surface area contributed by atoms with Crippen LogP contribution >= 0.6 is 0 Å². The number of carbonyl (C=O) groups is 1. The first kappa shape index (κ1) is 8.91. The summed E-state index contributed by atoms with van der Waals surface area (Å²) < 4.78 is 12.0. The molecule has 0 aliphatic rings. The van der Waals surface area contributed by atoms with Crippen molar-refractivity contribution in [3.8, 4) is 0 Å². The highest BCUT2D eigenvalue weighted by Crippen LogP contribution is 2.09. The lowest BCUT2D eigenvalue weighted by atomic mass is 10.1. The molecule has 0 atom stereocenters. The van der Waals surface area contributed by atoms with Crippen LogP contribution in [0.4, 0.5) is 4.39 Å². The first-order valence-corrected chi connectivity index (χ1v) is 3.81. The lowest BCUT2D eigenvalue weighted by molar-refractivity contribution is 0.0958. The summed E-state index contributed by atoms with van der Waals surface area (Å²) in [5.41, 5.74) is 2.45. The molecular weight excluding hydrogens is 155 g/mol. The van der Waals surface area contributed by atoms with E-state index in [2.05, 4.69) is 0 Å². The summed E-state index contributed by atoms with van der Waals surface area (Å²) in [4.78, 5) is 10.9. The number of alkyl halides is 1. The van der Waals surface area contributed by atoms with E-state index in [1.807, 2.05) is 19.9 Å². The van der Waals surface area contributed by atoms with Gasteiger partial charge in [-0.25, -0.2) is 4.39 Å². The quantitative estimate of drug-likeness (QED) is 0.617. The third-order valence-electron chi connectivity index (χ3n) is 1.67. The van der Waals surface area contributed by atoms with Crippen molar-refractivity contribution in [3.63, 3.8) is 0 Å². The van der Waals surface area contributed by atoms with Crippen LogP contribution in [-0.2, 0) is 0 Å². The molecule has 0 bridgehead atoms. The van der Waals surface area contributed by atoms with Crippen LogP contribution in [0.1, 0.15) is 21.5 Å². The molecule has 0 aliphatic heterocycles. The van der Waals surface area contributed by atoms with Crippen molar-refractivity contribution in [1.29, 1.82) is 0 Å². The Kier molecular flexibility index (Phi) is 2.58. The Morgan fingerprint density at radius 2 is 1.75 bits per heavy atom. The second kappa shape index (κ2) is 3.48. The van der Waals surface area contributed by atoms with Crippen LogP contribution in [0.3, 0.4) is 0 Å². The molecule has 2 heteroatoms. The van der Waals surface area contributed by atoms with Crippen molar-refractivity contribution in [2.75, 3.05) is 6.67 Å². The Hall–Kier alpha value is -1.18. The number of carbonyl (C=O) groups excluding carboxylic acids is 1. The molecule has 1 nitrogen and oxygen atoms in total. The van der Waals surface area contributed by atoms with Crippen LogP contribution < -0.4 is 0 Å². The molecule has 0 saturated carbocycles. The molecule has 0 amide bonds. The number of hydrogen-bond donors (Lipinski definition) is 0. The standard InChI is InChI=1S/C10H11FO/c1-7-3-8(2)5-9(4-7)10(12)6-11/h3-5H,6H2,1-2H3. The van der Waals surface area contributed by atoms with E-state index in [9.17, 15) is 9.18 Å². The number of aryl methyl sites for hydroxylation is 2. The van der Waals surface area contributed by atoms with E-state index >= 15 is 0 Å². The third-order valence-corrected chi connectivity index (χ3v) is 1.67. The largest absolute Gasteiger partial charge is 0.291 e. The summed E-state index contributed by atoms with van der Waals surface area (Å²) in [6.45, 7) is 2.87. The maximum absolute atomic E-state index is 12.0. The van der Waals surface area contributed by atoms with Gasteiger partial charge in [0.05, 0.1) is 0 Å². The fraction of sp³-hybridized carbons (Fsp3) is 0.300. The molecule has 12 heavy (non-hydrogen) atoms. The van der Waals surface area contributed by atoms with Crippen LogP contribution in [0.5, 0.6) is 0 Å². The van der Waals surface area contributed by atoms with Crippen LogP contribution in [0, 0.1) is 13.8 Å². The van der Waals surface area contributed by atoms with Gasteiger partial charge in [0.1, 0.15) is 0 Å². The normalized spacial score (nSPS) is 9.92. The van der Waals surface area contributed by atoms with Crippen LogP contribution in [0.15, 0.2) is 18.2 Å². The maximum atomic E-state index is 12.0. The van der Waals surface area contributed by atoms with Gasteiger partial charge in [0.2, 0.25) is 0 Å². The summed E-state index contributed by atoms with van der Waals surface area (Å²) in [6.07, 6.45) is 0. The Balaban J connectivity index is 3.08. The summed E-state index contributed by atoms with van der Waals surface area (Å²) in [6, 6.07) is 5.36. The molecular formula is C10H11FO. The average Bonchev–Trinajstić information content (AvgIpc) is 2.01. The molecule has 0 heterocycles. The molecule has 0 aromatic heterocycles. The zero-order valence-corrected chi connectivity index (χ0v) is 7.23. The van der Waals surface area contributed by atoms with Gasteiger partial charge in [-0.2, -0.15) is 0 Å². The molecule has 0 fully saturated rings. The van der Waals surface area contributed by atoms with E-state index in [1.165, 1.54) is 0 Å². The summed E-state index contributed by atoms with van der Waals surface area (Å²) in [5, 5.41) is 0. The van der Waals surface area contributed by atoms with Gasteiger partial charge in [-0.15, -0.1) is 0 Å². The predicted octanol–water partition coefficient (Wildman–Crippen LogP) is 2.46. The molecule has 1 aromatic carbocycles. The Morgan fingerprint density at radius 1 is 1.25 bits per heavy atom. The van der Waals surface area contributed by atoms with E-state index in [0.29, 0.717) is 5.56 Å².